The van der Waals surface area contributed by atoms with Gasteiger partial charge in [0, 0.05) is 17.7 Å². The Labute approximate surface area is 108 Å². The SMILES string of the molecule is C[C@@H](N)C(O)(Cn1cncn1)c1ccc(F)cc1F. The first-order chi connectivity index (χ1) is 8.93. The maximum Gasteiger partial charge on any atom is 0.137 e. The maximum atomic E-state index is 13.8. The second-order valence-electron chi connectivity index (χ2n) is 4.43. The summed E-state index contributed by atoms with van der Waals surface area (Å²) in [5.41, 5.74) is 3.98. The van der Waals surface area contributed by atoms with E-state index in [2.05, 4.69) is 10.1 Å². The van der Waals surface area contributed by atoms with Gasteiger partial charge >= 0.3 is 0 Å². The van der Waals surface area contributed by atoms with E-state index in [4.69, 9.17) is 5.73 Å². The van der Waals surface area contributed by atoms with Gasteiger partial charge in [-0.15, -0.1) is 0 Å². The summed E-state index contributed by atoms with van der Waals surface area (Å²) in [7, 11) is 0. The lowest BCUT2D eigenvalue weighted by Gasteiger charge is -2.32. The molecule has 0 aliphatic carbocycles. The zero-order valence-electron chi connectivity index (χ0n) is 10.3. The molecule has 0 aliphatic heterocycles. The molecule has 19 heavy (non-hydrogen) atoms. The van der Waals surface area contributed by atoms with Gasteiger partial charge in [-0.25, -0.2) is 18.4 Å². The van der Waals surface area contributed by atoms with Crippen molar-refractivity contribution in [3.05, 3.63) is 48.1 Å². The average Bonchev–Trinajstić information content (AvgIpc) is 2.81. The second kappa shape index (κ2) is 5.02. The summed E-state index contributed by atoms with van der Waals surface area (Å²) in [6.07, 6.45) is 2.68. The molecule has 0 saturated heterocycles. The number of hydrogen-bond acceptors (Lipinski definition) is 4. The van der Waals surface area contributed by atoms with Gasteiger partial charge < -0.3 is 10.8 Å². The van der Waals surface area contributed by atoms with Gasteiger partial charge in [-0.1, -0.05) is 6.07 Å². The first-order valence-electron chi connectivity index (χ1n) is 5.69. The molecule has 1 aromatic carbocycles. The van der Waals surface area contributed by atoms with Crippen LogP contribution in [0.1, 0.15) is 12.5 Å². The Morgan fingerprint density at radius 1 is 1.47 bits per heavy atom. The van der Waals surface area contributed by atoms with E-state index in [1.807, 2.05) is 0 Å². The summed E-state index contributed by atoms with van der Waals surface area (Å²) in [5, 5.41) is 14.5. The third-order valence-corrected chi connectivity index (χ3v) is 3.02. The Balaban J connectivity index is 2.43. The normalized spacial score (nSPS) is 16.1. The minimum atomic E-state index is -1.70. The van der Waals surface area contributed by atoms with Crippen LogP contribution in [-0.4, -0.2) is 25.9 Å². The number of rotatable bonds is 4. The fourth-order valence-electron chi connectivity index (χ4n) is 1.88. The van der Waals surface area contributed by atoms with Gasteiger partial charge in [0.25, 0.3) is 0 Å². The van der Waals surface area contributed by atoms with E-state index in [-0.39, 0.29) is 12.1 Å². The Kier molecular flexibility index (Phi) is 3.59. The van der Waals surface area contributed by atoms with Crippen LogP contribution in [0.2, 0.25) is 0 Å². The van der Waals surface area contributed by atoms with Crippen molar-refractivity contribution in [3.8, 4) is 0 Å². The zero-order chi connectivity index (χ0) is 14.0. The molecule has 0 saturated carbocycles. The van der Waals surface area contributed by atoms with Crippen LogP contribution in [0.25, 0.3) is 0 Å². The van der Waals surface area contributed by atoms with Crippen LogP contribution in [-0.2, 0) is 12.1 Å². The summed E-state index contributed by atoms with van der Waals surface area (Å²) in [5.74, 6) is -1.56. The fraction of sp³-hybridized carbons (Fsp3) is 0.333. The molecule has 0 radical (unpaired) electrons. The van der Waals surface area contributed by atoms with E-state index < -0.39 is 23.3 Å². The van der Waals surface area contributed by atoms with E-state index in [0.717, 1.165) is 6.07 Å². The number of nitrogens with two attached hydrogens (primary N) is 1. The van der Waals surface area contributed by atoms with E-state index in [1.54, 1.807) is 6.92 Å². The molecule has 102 valence electrons. The zero-order valence-corrected chi connectivity index (χ0v) is 10.3. The van der Waals surface area contributed by atoms with Crippen LogP contribution in [0.3, 0.4) is 0 Å². The Morgan fingerprint density at radius 3 is 2.74 bits per heavy atom. The highest BCUT2D eigenvalue weighted by atomic mass is 19.1. The number of halogens is 2. The molecule has 2 aromatic rings. The summed E-state index contributed by atoms with van der Waals surface area (Å²) < 4.78 is 28.1. The molecule has 1 heterocycles. The molecule has 0 spiro atoms. The van der Waals surface area contributed by atoms with Gasteiger partial charge in [-0.2, -0.15) is 5.10 Å². The molecule has 1 unspecified atom stereocenters. The summed E-state index contributed by atoms with van der Waals surface area (Å²) in [4.78, 5) is 3.74. The van der Waals surface area contributed by atoms with Crippen molar-refractivity contribution >= 4 is 0 Å². The highest BCUT2D eigenvalue weighted by molar-refractivity contribution is 5.26. The van der Waals surface area contributed by atoms with Crippen LogP contribution in [0.5, 0.6) is 0 Å². The van der Waals surface area contributed by atoms with Crippen molar-refractivity contribution in [2.75, 3.05) is 0 Å². The monoisotopic (exact) mass is 268 g/mol. The highest BCUT2D eigenvalue weighted by Gasteiger charge is 2.37. The smallest absolute Gasteiger partial charge is 0.137 e. The summed E-state index contributed by atoms with van der Waals surface area (Å²) in [6.45, 7) is 1.47. The van der Waals surface area contributed by atoms with Crippen LogP contribution >= 0.6 is 0 Å². The molecular formula is C12H14F2N4O. The second-order valence-corrected chi connectivity index (χ2v) is 4.43. The predicted octanol–water partition coefficient (Wildman–Crippen LogP) is 0.791. The molecule has 0 aliphatic rings. The lowest BCUT2D eigenvalue weighted by Crippen LogP contribution is -2.47. The molecule has 0 fully saturated rings. The quantitative estimate of drug-likeness (QED) is 0.859. The largest absolute Gasteiger partial charge is 0.381 e. The first-order valence-corrected chi connectivity index (χ1v) is 5.69. The molecule has 0 amide bonds. The van der Waals surface area contributed by atoms with Gasteiger partial charge in [0.1, 0.15) is 29.9 Å². The van der Waals surface area contributed by atoms with Gasteiger partial charge in [0.2, 0.25) is 0 Å². The highest BCUT2D eigenvalue weighted by Crippen LogP contribution is 2.28. The van der Waals surface area contributed by atoms with Crippen molar-refractivity contribution in [3.63, 3.8) is 0 Å². The average molecular weight is 268 g/mol. The van der Waals surface area contributed by atoms with E-state index in [0.29, 0.717) is 6.07 Å². The van der Waals surface area contributed by atoms with Gasteiger partial charge in [-0.05, 0) is 13.0 Å². The Bertz CT molecular complexity index is 559. The van der Waals surface area contributed by atoms with E-state index in [9.17, 15) is 13.9 Å². The third-order valence-electron chi connectivity index (χ3n) is 3.02. The number of hydrogen-bond donors (Lipinski definition) is 2. The van der Waals surface area contributed by atoms with Crippen LogP contribution in [0.4, 0.5) is 8.78 Å². The molecule has 0 bridgehead atoms. The lowest BCUT2D eigenvalue weighted by atomic mass is 9.87. The Hall–Kier alpha value is -1.86. The van der Waals surface area contributed by atoms with Crippen molar-refractivity contribution in [1.82, 2.24) is 14.8 Å². The van der Waals surface area contributed by atoms with Crippen LogP contribution < -0.4 is 5.73 Å². The topological polar surface area (TPSA) is 77.0 Å². The maximum absolute atomic E-state index is 13.8. The first kappa shape index (κ1) is 13.6. The van der Waals surface area contributed by atoms with Gasteiger partial charge in [-0.3, -0.25) is 0 Å². The van der Waals surface area contributed by atoms with Crippen molar-refractivity contribution in [2.45, 2.75) is 25.1 Å². The number of benzene rings is 1. The third kappa shape index (κ3) is 2.61. The Morgan fingerprint density at radius 2 is 2.21 bits per heavy atom. The van der Waals surface area contributed by atoms with Crippen LogP contribution in [0, 0.1) is 11.6 Å². The minimum absolute atomic E-state index is 0.0700. The van der Waals surface area contributed by atoms with Crippen molar-refractivity contribution in [2.24, 2.45) is 5.73 Å². The van der Waals surface area contributed by atoms with E-state index in [1.165, 1.54) is 23.4 Å². The fourth-order valence-corrected chi connectivity index (χ4v) is 1.88. The lowest BCUT2D eigenvalue weighted by molar-refractivity contribution is -0.00856. The van der Waals surface area contributed by atoms with Gasteiger partial charge in [0.05, 0.1) is 6.54 Å². The molecule has 2 atom stereocenters. The summed E-state index contributed by atoms with van der Waals surface area (Å²) >= 11 is 0. The minimum Gasteiger partial charge on any atom is -0.381 e. The number of aliphatic hydroxyl groups is 1. The standard InChI is InChI=1S/C12H14F2N4O/c1-8(15)12(19,5-18-7-16-6-17-18)10-3-2-9(13)4-11(10)14/h2-4,6-8,19H,5,15H2,1H3/t8-,12?/m1/s1. The van der Waals surface area contributed by atoms with Crippen molar-refractivity contribution < 1.29 is 13.9 Å². The van der Waals surface area contributed by atoms with E-state index >= 15 is 0 Å². The van der Waals surface area contributed by atoms with Gasteiger partial charge in [0.15, 0.2) is 0 Å². The molecule has 5 nitrogen and oxygen atoms in total. The molecule has 7 heteroatoms. The molecular weight excluding hydrogens is 254 g/mol. The number of nitrogens with zero attached hydrogens (tertiary/aromatic N) is 3. The van der Waals surface area contributed by atoms with Crippen molar-refractivity contribution in [1.29, 1.82) is 0 Å². The summed E-state index contributed by atoms with van der Waals surface area (Å²) in [6, 6.07) is 2.19. The van der Waals surface area contributed by atoms with Crippen LogP contribution in [0.15, 0.2) is 30.9 Å². The molecule has 1 aromatic heterocycles. The molecule has 3 N–H and O–H groups in total. The molecule has 2 rings (SSSR count). The predicted molar refractivity (Wildman–Crippen MR) is 63.9 cm³/mol. The number of aromatic nitrogens is 3.